The molecule has 0 fully saturated rings. The number of amides is 1. The van der Waals surface area contributed by atoms with Crippen molar-refractivity contribution in [3.05, 3.63) is 94.5 Å². The number of halogens is 1. The topological polar surface area (TPSA) is 41.9 Å². The van der Waals surface area contributed by atoms with Crippen LogP contribution in [0.2, 0.25) is 5.02 Å². The van der Waals surface area contributed by atoms with E-state index < -0.39 is 6.04 Å². The fourth-order valence-electron chi connectivity index (χ4n) is 3.50. The Morgan fingerprint density at radius 3 is 2.45 bits per heavy atom. The fourth-order valence-corrected chi connectivity index (χ4v) is 3.67. The van der Waals surface area contributed by atoms with E-state index in [2.05, 4.69) is 0 Å². The lowest BCUT2D eigenvalue weighted by Gasteiger charge is -2.25. The number of methoxy groups -OCH3 is 1. The van der Waals surface area contributed by atoms with Gasteiger partial charge in [0.15, 0.2) is 0 Å². The smallest absolute Gasteiger partial charge is 0.251 e. The van der Waals surface area contributed by atoms with Crippen LogP contribution in [0, 0.1) is 0 Å². The first-order chi connectivity index (χ1) is 14.1. The molecule has 0 unspecified atom stereocenters. The van der Waals surface area contributed by atoms with Crippen molar-refractivity contribution in [3.8, 4) is 5.75 Å². The lowest BCUT2D eigenvalue weighted by Crippen LogP contribution is -2.36. The number of hydrogen-bond donors (Lipinski definition) is 0. The zero-order valence-corrected chi connectivity index (χ0v) is 17.1. The Morgan fingerprint density at radius 2 is 1.76 bits per heavy atom. The lowest BCUT2D eigenvalue weighted by atomic mass is 10.00. The zero-order valence-electron chi connectivity index (χ0n) is 16.3. The van der Waals surface area contributed by atoms with Gasteiger partial charge in [0.05, 0.1) is 25.1 Å². The molecule has 0 saturated heterocycles. The van der Waals surface area contributed by atoms with Gasteiger partial charge in [-0.1, -0.05) is 54.1 Å². The van der Waals surface area contributed by atoms with Crippen molar-refractivity contribution >= 4 is 28.9 Å². The molecule has 1 heterocycles. The highest BCUT2D eigenvalue weighted by Crippen LogP contribution is 2.32. The van der Waals surface area contributed by atoms with Gasteiger partial charge in [-0.2, -0.15) is 0 Å². The number of ether oxygens (including phenoxy) is 1. The van der Waals surface area contributed by atoms with E-state index in [1.807, 2.05) is 79.7 Å². The van der Waals surface area contributed by atoms with Crippen LogP contribution in [-0.4, -0.2) is 24.8 Å². The molecule has 0 aliphatic carbocycles. The average Bonchev–Trinajstić information content (AvgIpc) is 2.85. The summed E-state index contributed by atoms with van der Waals surface area (Å²) in [6, 6.07) is 22.7. The molecule has 29 heavy (non-hydrogen) atoms. The molecule has 0 bridgehead atoms. The number of rotatable bonds is 4. The van der Waals surface area contributed by atoms with Crippen LogP contribution in [-0.2, 0) is 11.3 Å². The van der Waals surface area contributed by atoms with E-state index in [4.69, 9.17) is 21.3 Å². The standard InChI is InChI=1S/C24H21ClN2O2/c1-16-24(28)27(15-17-8-11-20(29-2)12-9-17)22-13-10-19(25)14-21(22)23(26-16)18-6-4-3-5-7-18/h3-14,16H,15H2,1-2H3/t16-/m1/s1. The van der Waals surface area contributed by atoms with Gasteiger partial charge in [-0.3, -0.25) is 9.79 Å². The second-order valence-electron chi connectivity index (χ2n) is 6.95. The number of aliphatic imine (C=N–C) groups is 1. The first kappa shape index (κ1) is 19.2. The summed E-state index contributed by atoms with van der Waals surface area (Å²) >= 11 is 6.32. The van der Waals surface area contributed by atoms with Gasteiger partial charge in [-0.15, -0.1) is 0 Å². The number of benzodiazepines with no additional fused rings is 1. The normalized spacial score (nSPS) is 16.1. The molecule has 1 amide bonds. The maximum atomic E-state index is 13.3. The van der Waals surface area contributed by atoms with Crippen LogP contribution in [0.15, 0.2) is 77.8 Å². The number of nitrogens with zero attached hydrogens (tertiary/aromatic N) is 2. The Morgan fingerprint density at radius 1 is 1.03 bits per heavy atom. The highest BCUT2D eigenvalue weighted by molar-refractivity contribution is 6.32. The molecule has 1 aliphatic heterocycles. The van der Waals surface area contributed by atoms with Crippen molar-refractivity contribution in [2.45, 2.75) is 19.5 Å². The summed E-state index contributed by atoms with van der Waals surface area (Å²) in [4.78, 5) is 19.8. The molecule has 1 aliphatic rings. The third-order valence-electron chi connectivity index (χ3n) is 5.00. The predicted octanol–water partition coefficient (Wildman–Crippen LogP) is 5.12. The first-order valence-corrected chi connectivity index (χ1v) is 9.82. The molecule has 4 nitrogen and oxygen atoms in total. The van der Waals surface area contributed by atoms with Gasteiger partial charge >= 0.3 is 0 Å². The minimum atomic E-state index is -0.505. The minimum Gasteiger partial charge on any atom is -0.497 e. The first-order valence-electron chi connectivity index (χ1n) is 9.44. The third-order valence-corrected chi connectivity index (χ3v) is 5.23. The molecule has 0 saturated carbocycles. The zero-order chi connectivity index (χ0) is 20.4. The van der Waals surface area contributed by atoms with Gasteiger partial charge in [0.1, 0.15) is 11.8 Å². The van der Waals surface area contributed by atoms with Gasteiger partial charge in [0, 0.05) is 16.1 Å². The maximum absolute atomic E-state index is 13.3. The van der Waals surface area contributed by atoms with E-state index in [1.165, 1.54) is 0 Å². The highest BCUT2D eigenvalue weighted by Gasteiger charge is 2.29. The van der Waals surface area contributed by atoms with Crippen LogP contribution in [0.5, 0.6) is 5.75 Å². The monoisotopic (exact) mass is 404 g/mol. The van der Waals surface area contributed by atoms with E-state index in [9.17, 15) is 4.79 Å². The molecular weight excluding hydrogens is 384 g/mol. The van der Waals surface area contributed by atoms with E-state index in [0.29, 0.717) is 11.6 Å². The van der Waals surface area contributed by atoms with E-state index in [-0.39, 0.29) is 5.91 Å². The van der Waals surface area contributed by atoms with Gasteiger partial charge in [0.2, 0.25) is 0 Å². The van der Waals surface area contributed by atoms with Crippen molar-refractivity contribution < 1.29 is 9.53 Å². The Labute approximate surface area is 175 Å². The van der Waals surface area contributed by atoms with Gasteiger partial charge in [-0.05, 0) is 42.8 Å². The van der Waals surface area contributed by atoms with Crippen LogP contribution in [0.1, 0.15) is 23.6 Å². The summed E-state index contributed by atoms with van der Waals surface area (Å²) in [5.41, 5.74) is 4.41. The number of carbonyl (C=O) groups excluding carboxylic acids is 1. The van der Waals surface area contributed by atoms with Crippen molar-refractivity contribution in [1.29, 1.82) is 0 Å². The van der Waals surface area contributed by atoms with Gasteiger partial charge < -0.3 is 9.64 Å². The lowest BCUT2D eigenvalue weighted by molar-refractivity contribution is -0.119. The summed E-state index contributed by atoms with van der Waals surface area (Å²) in [6.07, 6.45) is 0. The summed E-state index contributed by atoms with van der Waals surface area (Å²) in [5.74, 6) is 0.738. The molecule has 3 aromatic carbocycles. The molecule has 4 rings (SSSR count). The molecule has 1 atom stereocenters. The molecule has 0 N–H and O–H groups in total. The van der Waals surface area contributed by atoms with Crippen LogP contribution in [0.3, 0.4) is 0 Å². The number of hydrogen-bond acceptors (Lipinski definition) is 3. The Bertz CT molecular complexity index is 1060. The second kappa shape index (κ2) is 8.10. The number of benzene rings is 3. The van der Waals surface area contributed by atoms with E-state index in [0.717, 1.165) is 33.8 Å². The fraction of sp³-hybridized carbons (Fsp3) is 0.167. The summed E-state index contributed by atoms with van der Waals surface area (Å²) in [6.45, 7) is 2.28. The van der Waals surface area contributed by atoms with E-state index >= 15 is 0 Å². The average molecular weight is 405 g/mol. The summed E-state index contributed by atoms with van der Waals surface area (Å²) < 4.78 is 5.24. The maximum Gasteiger partial charge on any atom is 0.251 e. The number of carbonyl (C=O) groups is 1. The number of anilines is 1. The quantitative estimate of drug-likeness (QED) is 0.605. The van der Waals surface area contributed by atoms with Crippen molar-refractivity contribution in [1.82, 2.24) is 0 Å². The van der Waals surface area contributed by atoms with Crippen LogP contribution >= 0.6 is 11.6 Å². The van der Waals surface area contributed by atoms with Crippen LogP contribution < -0.4 is 9.64 Å². The largest absolute Gasteiger partial charge is 0.497 e. The number of fused-ring (bicyclic) bond motifs is 1. The van der Waals surface area contributed by atoms with Gasteiger partial charge in [-0.25, -0.2) is 0 Å². The Kier molecular flexibility index (Phi) is 5.36. The predicted molar refractivity (Wildman–Crippen MR) is 117 cm³/mol. The van der Waals surface area contributed by atoms with Crippen molar-refractivity contribution in [3.63, 3.8) is 0 Å². The van der Waals surface area contributed by atoms with Crippen LogP contribution in [0.4, 0.5) is 5.69 Å². The van der Waals surface area contributed by atoms with Crippen molar-refractivity contribution in [2.75, 3.05) is 12.0 Å². The molecule has 0 radical (unpaired) electrons. The Hall–Kier alpha value is -3.11. The SMILES string of the molecule is COc1ccc(CN2C(=O)[C@@H](C)N=C(c3ccccc3)c3cc(Cl)ccc32)cc1. The Balaban J connectivity index is 1.81. The molecule has 5 heteroatoms. The summed E-state index contributed by atoms with van der Waals surface area (Å²) in [7, 11) is 1.64. The van der Waals surface area contributed by atoms with Crippen molar-refractivity contribution in [2.24, 2.45) is 4.99 Å². The minimum absolute atomic E-state index is 0.0460. The molecule has 3 aromatic rings. The third kappa shape index (κ3) is 3.89. The van der Waals surface area contributed by atoms with E-state index in [1.54, 1.807) is 12.0 Å². The molecule has 0 spiro atoms. The summed E-state index contributed by atoms with van der Waals surface area (Å²) in [5, 5.41) is 0.610. The second-order valence-corrected chi connectivity index (χ2v) is 7.39. The highest BCUT2D eigenvalue weighted by atomic mass is 35.5. The molecule has 0 aromatic heterocycles. The van der Waals surface area contributed by atoms with Gasteiger partial charge in [0.25, 0.3) is 5.91 Å². The molecular formula is C24H21ClN2O2. The molecule has 146 valence electrons. The van der Waals surface area contributed by atoms with Crippen LogP contribution in [0.25, 0.3) is 0 Å².